The van der Waals surface area contributed by atoms with Crippen LogP contribution in [0, 0.1) is 0 Å². The van der Waals surface area contributed by atoms with Gasteiger partial charge in [-0.3, -0.25) is 18.9 Å². The molecule has 30 heavy (non-hydrogen) atoms. The molecule has 2 aromatic rings. The lowest BCUT2D eigenvalue weighted by atomic mass is 10.2. The molecule has 3 heterocycles. The summed E-state index contributed by atoms with van der Waals surface area (Å²) in [5, 5.41) is 3.21. The fourth-order valence-electron chi connectivity index (χ4n) is 2.90. The molecule has 0 unspecified atom stereocenters. The number of anilines is 1. The molecule has 0 aliphatic carbocycles. The van der Waals surface area contributed by atoms with Gasteiger partial charge in [0.1, 0.15) is 15.8 Å². The molecule has 1 N–H and O–H groups in total. The van der Waals surface area contributed by atoms with Crippen molar-refractivity contribution >= 4 is 51.7 Å². The van der Waals surface area contributed by atoms with Gasteiger partial charge in [0.05, 0.1) is 23.6 Å². The number of pyridine rings is 1. The first kappa shape index (κ1) is 22.4. The van der Waals surface area contributed by atoms with Crippen LogP contribution >= 0.6 is 24.0 Å². The van der Waals surface area contributed by atoms with Gasteiger partial charge in [-0.05, 0) is 31.6 Å². The highest BCUT2D eigenvalue weighted by atomic mass is 32.2. The average molecular weight is 449 g/mol. The largest absolute Gasteiger partial charge is 0.383 e. The van der Waals surface area contributed by atoms with E-state index in [0.29, 0.717) is 59.2 Å². The van der Waals surface area contributed by atoms with Gasteiger partial charge in [0.25, 0.3) is 11.5 Å². The number of thioether (sulfide) groups is 1. The molecule has 0 saturated carbocycles. The predicted octanol–water partition coefficient (Wildman–Crippen LogP) is 2.38. The van der Waals surface area contributed by atoms with Crippen molar-refractivity contribution in [2.75, 3.05) is 45.3 Å². The number of amides is 1. The molecule has 1 amide bonds. The molecule has 8 nitrogen and oxygen atoms in total. The number of methoxy groups -OCH3 is 1. The number of rotatable bonds is 10. The number of fused-ring (bicyclic) bond motifs is 1. The number of hydrogen-bond acceptors (Lipinski definition) is 8. The van der Waals surface area contributed by atoms with Gasteiger partial charge in [0.2, 0.25) is 0 Å². The van der Waals surface area contributed by atoms with E-state index in [4.69, 9.17) is 21.7 Å². The Bertz CT molecular complexity index is 1020. The summed E-state index contributed by atoms with van der Waals surface area (Å²) in [5.74, 6) is 0.201. The number of thiocarbonyl (C=S) groups is 1. The standard InChI is InChI=1S/C20H24N4O4S2/c1-3-28-11-6-8-21-17-14(18(25)23-9-5-4-7-16(23)22-17)13-15-19(26)24(10-12-27-2)20(29)30-15/h4-5,7,9,13,21H,3,6,8,10-12H2,1-2H3. The van der Waals surface area contributed by atoms with Gasteiger partial charge in [0, 0.05) is 33.1 Å². The van der Waals surface area contributed by atoms with Crippen LogP contribution in [0.15, 0.2) is 34.1 Å². The summed E-state index contributed by atoms with van der Waals surface area (Å²) in [5.41, 5.74) is 0.594. The highest BCUT2D eigenvalue weighted by molar-refractivity contribution is 8.26. The van der Waals surface area contributed by atoms with Crippen molar-refractivity contribution in [3.8, 4) is 0 Å². The minimum atomic E-state index is -0.255. The normalized spacial score (nSPS) is 15.5. The first-order valence-corrected chi connectivity index (χ1v) is 10.9. The zero-order chi connectivity index (χ0) is 21.5. The summed E-state index contributed by atoms with van der Waals surface area (Å²) in [6, 6.07) is 5.35. The third-order valence-electron chi connectivity index (χ3n) is 4.40. The lowest BCUT2D eigenvalue weighted by Gasteiger charge is -2.13. The van der Waals surface area contributed by atoms with Crippen molar-refractivity contribution in [1.29, 1.82) is 0 Å². The smallest absolute Gasteiger partial charge is 0.267 e. The maximum Gasteiger partial charge on any atom is 0.267 e. The monoisotopic (exact) mass is 448 g/mol. The molecule has 0 aromatic carbocycles. The third-order valence-corrected chi connectivity index (χ3v) is 5.78. The lowest BCUT2D eigenvalue weighted by Crippen LogP contribution is -2.31. The second-order valence-electron chi connectivity index (χ2n) is 6.41. The first-order chi connectivity index (χ1) is 14.6. The van der Waals surface area contributed by atoms with Crippen molar-refractivity contribution in [3.05, 3.63) is 45.2 Å². The van der Waals surface area contributed by atoms with Crippen LogP contribution < -0.4 is 10.9 Å². The number of aromatic nitrogens is 2. The predicted molar refractivity (Wildman–Crippen MR) is 123 cm³/mol. The topological polar surface area (TPSA) is 85.2 Å². The van der Waals surface area contributed by atoms with Crippen molar-refractivity contribution < 1.29 is 14.3 Å². The van der Waals surface area contributed by atoms with Gasteiger partial charge in [-0.1, -0.05) is 30.0 Å². The zero-order valence-corrected chi connectivity index (χ0v) is 18.6. The van der Waals surface area contributed by atoms with Gasteiger partial charge in [-0.25, -0.2) is 4.98 Å². The Balaban J connectivity index is 1.95. The Kier molecular flexibility index (Phi) is 7.97. The van der Waals surface area contributed by atoms with Crippen LogP contribution in [0.1, 0.15) is 18.9 Å². The molecule has 0 bridgehead atoms. The van der Waals surface area contributed by atoms with E-state index < -0.39 is 0 Å². The van der Waals surface area contributed by atoms with Crippen LogP contribution in [0.3, 0.4) is 0 Å². The Morgan fingerprint density at radius 1 is 1.30 bits per heavy atom. The van der Waals surface area contributed by atoms with E-state index in [-0.39, 0.29) is 11.5 Å². The molecule has 0 spiro atoms. The van der Waals surface area contributed by atoms with Crippen LogP contribution in [0.2, 0.25) is 0 Å². The molecule has 2 aromatic heterocycles. The lowest BCUT2D eigenvalue weighted by molar-refractivity contribution is -0.122. The molecule has 1 saturated heterocycles. The number of hydrogen-bond donors (Lipinski definition) is 1. The van der Waals surface area contributed by atoms with Gasteiger partial charge in [-0.15, -0.1) is 0 Å². The van der Waals surface area contributed by atoms with Gasteiger partial charge in [0.15, 0.2) is 0 Å². The van der Waals surface area contributed by atoms with E-state index in [0.717, 1.165) is 6.42 Å². The van der Waals surface area contributed by atoms with E-state index in [1.807, 2.05) is 13.0 Å². The second-order valence-corrected chi connectivity index (χ2v) is 8.09. The van der Waals surface area contributed by atoms with Crippen LogP contribution in [-0.4, -0.2) is 64.5 Å². The Morgan fingerprint density at radius 3 is 2.90 bits per heavy atom. The first-order valence-electron chi connectivity index (χ1n) is 9.64. The quantitative estimate of drug-likeness (QED) is 0.337. The van der Waals surface area contributed by atoms with E-state index in [9.17, 15) is 9.59 Å². The Labute approximate surface area is 184 Å². The highest BCUT2D eigenvalue weighted by Crippen LogP contribution is 2.32. The maximum absolute atomic E-state index is 13.1. The summed E-state index contributed by atoms with van der Waals surface area (Å²) < 4.78 is 12.3. The summed E-state index contributed by atoms with van der Waals surface area (Å²) in [6.07, 6.45) is 4.00. The molecular formula is C20H24N4O4S2. The number of nitrogens with one attached hydrogen (secondary N) is 1. The number of carbonyl (C=O) groups excluding carboxylic acids is 1. The second kappa shape index (κ2) is 10.7. The molecule has 0 atom stereocenters. The molecule has 1 aliphatic heterocycles. The van der Waals surface area contributed by atoms with Crippen molar-refractivity contribution in [2.24, 2.45) is 0 Å². The van der Waals surface area contributed by atoms with E-state index in [1.54, 1.807) is 31.5 Å². The number of ether oxygens (including phenoxy) is 2. The summed E-state index contributed by atoms with van der Waals surface area (Å²) in [6.45, 7) is 4.56. The molecule has 10 heteroatoms. The van der Waals surface area contributed by atoms with Crippen molar-refractivity contribution in [3.63, 3.8) is 0 Å². The third kappa shape index (κ3) is 5.07. The fourth-order valence-corrected chi connectivity index (χ4v) is 4.19. The summed E-state index contributed by atoms with van der Waals surface area (Å²) >= 11 is 6.50. The average Bonchev–Trinajstić information content (AvgIpc) is 3.01. The van der Waals surface area contributed by atoms with Crippen molar-refractivity contribution in [1.82, 2.24) is 14.3 Å². The van der Waals surface area contributed by atoms with Crippen LogP contribution in [0.25, 0.3) is 11.7 Å². The minimum absolute atomic E-state index is 0.234. The van der Waals surface area contributed by atoms with E-state index >= 15 is 0 Å². The van der Waals surface area contributed by atoms with Gasteiger partial charge < -0.3 is 14.8 Å². The molecule has 3 rings (SSSR count). The molecule has 1 aliphatic rings. The van der Waals surface area contributed by atoms with Crippen LogP contribution in [-0.2, 0) is 14.3 Å². The molecular weight excluding hydrogens is 424 g/mol. The maximum atomic E-state index is 13.1. The highest BCUT2D eigenvalue weighted by Gasteiger charge is 2.32. The zero-order valence-electron chi connectivity index (χ0n) is 16.9. The Morgan fingerprint density at radius 2 is 2.13 bits per heavy atom. The van der Waals surface area contributed by atoms with Gasteiger partial charge in [-0.2, -0.15) is 0 Å². The molecule has 1 fully saturated rings. The van der Waals surface area contributed by atoms with E-state index in [2.05, 4.69) is 10.3 Å². The summed E-state index contributed by atoms with van der Waals surface area (Å²) in [4.78, 5) is 32.4. The summed E-state index contributed by atoms with van der Waals surface area (Å²) in [7, 11) is 1.57. The molecule has 160 valence electrons. The van der Waals surface area contributed by atoms with Crippen LogP contribution in [0.4, 0.5) is 5.82 Å². The van der Waals surface area contributed by atoms with E-state index in [1.165, 1.54) is 21.1 Å². The SMILES string of the molecule is CCOCCCNc1nc2ccccn2c(=O)c1C=C1SC(=S)N(CCOC)C1=O. The Hall–Kier alpha value is -2.27. The number of carbonyl (C=O) groups is 1. The van der Waals surface area contributed by atoms with Crippen molar-refractivity contribution in [2.45, 2.75) is 13.3 Å². The minimum Gasteiger partial charge on any atom is -0.383 e. The fraction of sp³-hybridized carbons (Fsp3) is 0.400. The van der Waals surface area contributed by atoms with Crippen LogP contribution in [0.5, 0.6) is 0 Å². The number of nitrogens with zero attached hydrogens (tertiary/aromatic N) is 3. The van der Waals surface area contributed by atoms with Gasteiger partial charge >= 0.3 is 0 Å². The molecule has 0 radical (unpaired) electrons.